The quantitative estimate of drug-likeness (QED) is 0.797. The Kier molecular flexibility index (Phi) is 5.95. The maximum absolute atomic E-state index is 5.82. The molecule has 92 valence electrons. The third-order valence-corrected chi connectivity index (χ3v) is 3.67. The van der Waals surface area contributed by atoms with Gasteiger partial charge in [0.15, 0.2) is 0 Å². The van der Waals surface area contributed by atoms with Crippen molar-refractivity contribution < 1.29 is 4.42 Å². The number of furan rings is 1. The molecule has 2 N–H and O–H groups in total. The number of rotatable bonds is 7. The summed E-state index contributed by atoms with van der Waals surface area (Å²) in [4.78, 5) is 2.30. The lowest BCUT2D eigenvalue weighted by Crippen LogP contribution is -2.37. The lowest BCUT2D eigenvalue weighted by molar-refractivity contribution is 0.165. The van der Waals surface area contributed by atoms with Crippen LogP contribution >= 0.6 is 11.8 Å². The van der Waals surface area contributed by atoms with Crippen LogP contribution in [0.15, 0.2) is 22.8 Å². The number of nitrogens with zero attached hydrogens (tertiary/aromatic N) is 1. The predicted octanol–water partition coefficient (Wildman–Crippen LogP) is 2.35. The van der Waals surface area contributed by atoms with Gasteiger partial charge in [-0.2, -0.15) is 11.8 Å². The first kappa shape index (κ1) is 13.6. The van der Waals surface area contributed by atoms with E-state index >= 15 is 0 Å². The Morgan fingerprint density at radius 1 is 1.56 bits per heavy atom. The molecule has 0 aliphatic rings. The molecule has 2 atom stereocenters. The van der Waals surface area contributed by atoms with Crippen LogP contribution in [-0.2, 0) is 0 Å². The van der Waals surface area contributed by atoms with Crippen LogP contribution in [-0.4, -0.2) is 36.5 Å². The maximum atomic E-state index is 5.82. The van der Waals surface area contributed by atoms with Gasteiger partial charge in [0.05, 0.1) is 12.3 Å². The van der Waals surface area contributed by atoms with Crippen LogP contribution in [0.25, 0.3) is 0 Å². The van der Waals surface area contributed by atoms with Crippen LogP contribution in [0.4, 0.5) is 0 Å². The van der Waals surface area contributed by atoms with Gasteiger partial charge in [0.2, 0.25) is 0 Å². The van der Waals surface area contributed by atoms with Crippen molar-refractivity contribution >= 4 is 11.8 Å². The van der Waals surface area contributed by atoms with Crippen molar-refractivity contribution in [2.24, 2.45) is 5.73 Å². The molecule has 0 saturated heterocycles. The van der Waals surface area contributed by atoms with Gasteiger partial charge in [-0.15, -0.1) is 0 Å². The molecule has 1 rings (SSSR count). The van der Waals surface area contributed by atoms with Crippen LogP contribution in [0, 0.1) is 0 Å². The molecule has 0 radical (unpaired) electrons. The van der Waals surface area contributed by atoms with E-state index in [1.807, 2.05) is 23.9 Å². The standard InChI is InChI=1S/C12H22N2OS/c1-10(6-8-16-3)14(2)11(9-13)12-5-4-7-15-12/h4-5,7,10-11H,6,8-9,13H2,1-3H3. The first-order valence-corrected chi connectivity index (χ1v) is 7.04. The van der Waals surface area contributed by atoms with E-state index in [4.69, 9.17) is 10.2 Å². The van der Waals surface area contributed by atoms with Gasteiger partial charge in [-0.3, -0.25) is 4.90 Å². The molecule has 0 saturated carbocycles. The Labute approximate surface area is 102 Å². The van der Waals surface area contributed by atoms with Gasteiger partial charge in [-0.1, -0.05) is 0 Å². The highest BCUT2D eigenvalue weighted by Crippen LogP contribution is 2.22. The summed E-state index contributed by atoms with van der Waals surface area (Å²) in [6.07, 6.45) is 5.02. The molecule has 0 bridgehead atoms. The zero-order chi connectivity index (χ0) is 12.0. The topological polar surface area (TPSA) is 42.4 Å². The first-order chi connectivity index (χ1) is 7.70. The normalized spacial score (nSPS) is 15.3. The molecular formula is C12H22N2OS. The zero-order valence-electron chi connectivity index (χ0n) is 10.3. The van der Waals surface area contributed by atoms with Crippen molar-refractivity contribution in [3.8, 4) is 0 Å². The fourth-order valence-corrected chi connectivity index (χ4v) is 2.34. The fourth-order valence-electron chi connectivity index (χ4n) is 1.76. The Morgan fingerprint density at radius 2 is 2.31 bits per heavy atom. The molecule has 3 nitrogen and oxygen atoms in total. The molecule has 4 heteroatoms. The van der Waals surface area contributed by atoms with E-state index in [1.165, 1.54) is 12.2 Å². The van der Waals surface area contributed by atoms with Gasteiger partial charge in [-0.25, -0.2) is 0 Å². The van der Waals surface area contributed by atoms with Crippen LogP contribution in [0.1, 0.15) is 25.1 Å². The third-order valence-electron chi connectivity index (χ3n) is 3.02. The van der Waals surface area contributed by atoms with Crippen molar-refractivity contribution in [3.63, 3.8) is 0 Å². The fraction of sp³-hybridized carbons (Fsp3) is 0.667. The summed E-state index contributed by atoms with van der Waals surface area (Å²) in [7, 11) is 2.12. The summed E-state index contributed by atoms with van der Waals surface area (Å²) < 4.78 is 5.44. The molecule has 0 aliphatic heterocycles. The minimum Gasteiger partial charge on any atom is -0.468 e. The van der Waals surface area contributed by atoms with Gasteiger partial charge in [0.25, 0.3) is 0 Å². The summed E-state index contributed by atoms with van der Waals surface area (Å²) in [5.41, 5.74) is 5.82. The van der Waals surface area contributed by atoms with Gasteiger partial charge in [-0.05, 0) is 44.5 Å². The van der Waals surface area contributed by atoms with E-state index in [2.05, 4.69) is 25.1 Å². The van der Waals surface area contributed by atoms with E-state index in [-0.39, 0.29) is 6.04 Å². The number of nitrogens with two attached hydrogens (primary N) is 1. The Morgan fingerprint density at radius 3 is 2.81 bits per heavy atom. The van der Waals surface area contributed by atoms with Gasteiger partial charge in [0.1, 0.15) is 5.76 Å². The van der Waals surface area contributed by atoms with Crippen LogP contribution in [0.2, 0.25) is 0 Å². The van der Waals surface area contributed by atoms with Gasteiger partial charge >= 0.3 is 0 Å². The van der Waals surface area contributed by atoms with Crippen molar-refractivity contribution in [3.05, 3.63) is 24.2 Å². The summed E-state index contributed by atoms with van der Waals surface area (Å²) >= 11 is 1.88. The second-order valence-corrected chi connectivity index (χ2v) is 5.05. The second kappa shape index (κ2) is 6.99. The third kappa shape index (κ3) is 3.54. The lowest BCUT2D eigenvalue weighted by atomic mass is 10.1. The Hall–Kier alpha value is -0.450. The molecule has 0 aromatic carbocycles. The maximum Gasteiger partial charge on any atom is 0.122 e. The Bertz CT molecular complexity index is 277. The zero-order valence-corrected chi connectivity index (χ0v) is 11.2. The highest BCUT2D eigenvalue weighted by Gasteiger charge is 2.21. The van der Waals surface area contributed by atoms with Crippen LogP contribution in [0.3, 0.4) is 0 Å². The van der Waals surface area contributed by atoms with Crippen molar-refractivity contribution in [1.82, 2.24) is 4.90 Å². The van der Waals surface area contributed by atoms with E-state index < -0.39 is 0 Å². The summed E-state index contributed by atoms with van der Waals surface area (Å²) in [6.45, 7) is 2.83. The molecule has 1 aromatic heterocycles. The largest absolute Gasteiger partial charge is 0.468 e. The SMILES string of the molecule is CSCCC(C)N(C)C(CN)c1ccco1. The van der Waals surface area contributed by atoms with E-state index in [0.717, 1.165) is 5.76 Å². The van der Waals surface area contributed by atoms with Crippen molar-refractivity contribution in [2.75, 3.05) is 25.6 Å². The summed E-state index contributed by atoms with van der Waals surface area (Å²) in [5, 5.41) is 0. The number of likely N-dealkylation sites (N-methyl/N-ethyl adjacent to an activating group) is 1. The average molecular weight is 242 g/mol. The van der Waals surface area contributed by atoms with Crippen LogP contribution < -0.4 is 5.73 Å². The van der Waals surface area contributed by atoms with Crippen molar-refractivity contribution in [1.29, 1.82) is 0 Å². The smallest absolute Gasteiger partial charge is 0.122 e. The summed E-state index contributed by atoms with van der Waals surface area (Å²) in [5.74, 6) is 2.14. The minimum atomic E-state index is 0.187. The summed E-state index contributed by atoms with van der Waals surface area (Å²) in [6, 6.07) is 4.62. The highest BCUT2D eigenvalue weighted by molar-refractivity contribution is 7.98. The lowest BCUT2D eigenvalue weighted by Gasteiger charge is -2.31. The van der Waals surface area contributed by atoms with Crippen molar-refractivity contribution in [2.45, 2.75) is 25.4 Å². The van der Waals surface area contributed by atoms with Gasteiger partial charge in [0, 0.05) is 12.6 Å². The monoisotopic (exact) mass is 242 g/mol. The van der Waals surface area contributed by atoms with Crippen LogP contribution in [0.5, 0.6) is 0 Å². The molecule has 1 heterocycles. The molecule has 0 fully saturated rings. The van der Waals surface area contributed by atoms with E-state index in [9.17, 15) is 0 Å². The number of hydrogen-bond acceptors (Lipinski definition) is 4. The van der Waals surface area contributed by atoms with Gasteiger partial charge < -0.3 is 10.2 Å². The predicted molar refractivity (Wildman–Crippen MR) is 70.7 cm³/mol. The average Bonchev–Trinajstić information content (AvgIpc) is 2.80. The Balaban J connectivity index is 2.58. The van der Waals surface area contributed by atoms with E-state index in [0.29, 0.717) is 12.6 Å². The molecule has 0 aliphatic carbocycles. The highest BCUT2D eigenvalue weighted by atomic mass is 32.2. The molecule has 1 aromatic rings. The molecular weight excluding hydrogens is 220 g/mol. The molecule has 2 unspecified atom stereocenters. The number of thioether (sulfide) groups is 1. The molecule has 0 amide bonds. The first-order valence-electron chi connectivity index (χ1n) is 5.65. The molecule has 0 spiro atoms. The number of hydrogen-bond donors (Lipinski definition) is 1. The van der Waals surface area contributed by atoms with E-state index in [1.54, 1.807) is 6.26 Å². The molecule has 16 heavy (non-hydrogen) atoms. The minimum absolute atomic E-state index is 0.187. The second-order valence-electron chi connectivity index (χ2n) is 4.06.